The molecule has 1 aromatic rings. The van der Waals surface area contributed by atoms with Crippen molar-refractivity contribution >= 4 is 17.6 Å². The molecule has 0 spiro atoms. The van der Waals surface area contributed by atoms with Crippen LogP contribution in [0.3, 0.4) is 0 Å². The van der Waals surface area contributed by atoms with Gasteiger partial charge < -0.3 is 16.8 Å². The number of pyridine rings is 1. The average Bonchev–Trinajstić information content (AvgIpc) is 2.24. The third kappa shape index (κ3) is 2.95. The smallest absolute Gasteiger partial charge is 0.146 e. The second kappa shape index (κ2) is 5.36. The highest BCUT2D eigenvalue weighted by Gasteiger charge is 2.02. The fraction of sp³-hybridized carbons (Fsp3) is 0.364. The van der Waals surface area contributed by atoms with E-state index < -0.39 is 0 Å². The highest BCUT2D eigenvalue weighted by Crippen LogP contribution is 2.21. The van der Waals surface area contributed by atoms with Gasteiger partial charge in [0.2, 0.25) is 0 Å². The normalized spacial score (nSPS) is 11.1. The molecule has 0 aromatic carbocycles. The number of hydrogen-bond donors (Lipinski definition) is 3. The largest absolute Gasteiger partial charge is 0.396 e. The van der Waals surface area contributed by atoms with Crippen LogP contribution in [0.15, 0.2) is 12.3 Å². The first kappa shape index (κ1) is 11.5. The lowest BCUT2D eigenvalue weighted by molar-refractivity contribution is 0.809. The Balaban J connectivity index is 2.78. The van der Waals surface area contributed by atoms with Crippen molar-refractivity contribution in [2.75, 3.05) is 25.1 Å². The predicted octanol–water partition coefficient (Wildman–Crippen LogP) is 1.18. The van der Waals surface area contributed by atoms with Crippen LogP contribution < -0.4 is 16.8 Å². The van der Waals surface area contributed by atoms with Gasteiger partial charge in [-0.15, -0.1) is 0 Å². The number of nitrogens with one attached hydrogen (secondary N) is 1. The number of nitrogen functional groups attached to an aromatic ring is 2. The van der Waals surface area contributed by atoms with E-state index in [1.54, 1.807) is 6.20 Å². The molecule has 0 aliphatic carbocycles. The number of rotatable bonds is 4. The monoisotopic (exact) mass is 206 g/mol. The van der Waals surface area contributed by atoms with E-state index in [0.29, 0.717) is 11.5 Å². The van der Waals surface area contributed by atoms with Gasteiger partial charge in [0.15, 0.2) is 0 Å². The molecule has 82 valence electrons. The number of hydrogen-bond acceptors (Lipinski definition) is 4. The van der Waals surface area contributed by atoms with Crippen molar-refractivity contribution in [3.05, 3.63) is 23.4 Å². The summed E-state index contributed by atoms with van der Waals surface area (Å²) in [5.41, 5.74) is 14.0. The second-order valence-electron chi connectivity index (χ2n) is 3.43. The van der Waals surface area contributed by atoms with E-state index in [2.05, 4.69) is 16.4 Å². The van der Waals surface area contributed by atoms with Gasteiger partial charge in [-0.3, -0.25) is 0 Å². The number of anilines is 2. The van der Waals surface area contributed by atoms with E-state index in [0.717, 1.165) is 24.1 Å². The van der Waals surface area contributed by atoms with Crippen LogP contribution in [0.2, 0.25) is 0 Å². The molecule has 0 bridgehead atoms. The van der Waals surface area contributed by atoms with Crippen LogP contribution in [-0.2, 0) is 0 Å². The van der Waals surface area contributed by atoms with Gasteiger partial charge in [0.25, 0.3) is 0 Å². The first-order valence-electron chi connectivity index (χ1n) is 4.98. The molecule has 1 rings (SSSR count). The van der Waals surface area contributed by atoms with E-state index >= 15 is 0 Å². The summed E-state index contributed by atoms with van der Waals surface area (Å²) in [4.78, 5) is 4.02. The minimum absolute atomic E-state index is 0.403. The highest BCUT2D eigenvalue weighted by atomic mass is 14.9. The van der Waals surface area contributed by atoms with Gasteiger partial charge >= 0.3 is 0 Å². The van der Waals surface area contributed by atoms with E-state index in [-0.39, 0.29) is 0 Å². The Kier molecular flexibility index (Phi) is 4.12. The van der Waals surface area contributed by atoms with Crippen LogP contribution in [0.5, 0.6) is 0 Å². The zero-order chi connectivity index (χ0) is 11.3. The molecule has 1 aromatic heterocycles. The number of aromatic nitrogens is 1. The zero-order valence-corrected chi connectivity index (χ0v) is 9.25. The van der Waals surface area contributed by atoms with Crippen LogP contribution in [0, 0.1) is 6.92 Å². The fourth-order valence-corrected chi connectivity index (χ4v) is 1.26. The second-order valence-corrected chi connectivity index (χ2v) is 3.43. The topological polar surface area (TPSA) is 77.0 Å². The molecule has 0 radical (unpaired) electrons. The van der Waals surface area contributed by atoms with Crippen molar-refractivity contribution < 1.29 is 0 Å². The zero-order valence-electron chi connectivity index (χ0n) is 9.25. The molecule has 4 nitrogen and oxygen atoms in total. The van der Waals surface area contributed by atoms with Crippen LogP contribution in [0.25, 0.3) is 6.08 Å². The minimum Gasteiger partial charge on any atom is -0.396 e. The van der Waals surface area contributed by atoms with E-state index in [1.807, 2.05) is 20.0 Å². The molecule has 15 heavy (non-hydrogen) atoms. The molecule has 4 heteroatoms. The number of nitrogens with zero attached hydrogens (tertiary/aromatic N) is 1. The molecule has 0 fully saturated rings. The lowest BCUT2D eigenvalue weighted by Crippen LogP contribution is -2.05. The molecule has 0 atom stereocenters. The quantitative estimate of drug-likeness (QED) is 0.646. The summed E-state index contributed by atoms with van der Waals surface area (Å²) in [5, 5.41) is 3.08. The van der Waals surface area contributed by atoms with Crippen molar-refractivity contribution in [2.24, 2.45) is 0 Å². The van der Waals surface area contributed by atoms with Gasteiger partial charge in [0.05, 0.1) is 5.69 Å². The lowest BCUT2D eigenvalue weighted by atomic mass is 10.1. The third-order valence-electron chi connectivity index (χ3n) is 2.31. The maximum absolute atomic E-state index is 5.78. The predicted molar refractivity (Wildman–Crippen MR) is 65.4 cm³/mol. The fourth-order valence-electron chi connectivity index (χ4n) is 1.26. The van der Waals surface area contributed by atoms with Crippen LogP contribution in [0.4, 0.5) is 11.5 Å². The van der Waals surface area contributed by atoms with Crippen molar-refractivity contribution in [3.63, 3.8) is 0 Å². The summed E-state index contributed by atoms with van der Waals surface area (Å²) >= 11 is 0. The van der Waals surface area contributed by atoms with E-state index in [1.165, 1.54) is 0 Å². The maximum Gasteiger partial charge on any atom is 0.146 e. The molecule has 0 saturated heterocycles. The van der Waals surface area contributed by atoms with Crippen LogP contribution in [-0.4, -0.2) is 18.6 Å². The Bertz CT molecular complexity index is 358. The van der Waals surface area contributed by atoms with Gasteiger partial charge in [0.1, 0.15) is 5.82 Å². The molecule has 0 unspecified atom stereocenters. The van der Waals surface area contributed by atoms with Gasteiger partial charge in [-0.05, 0) is 38.1 Å². The third-order valence-corrected chi connectivity index (χ3v) is 2.31. The summed E-state index contributed by atoms with van der Waals surface area (Å²) in [7, 11) is 1.93. The maximum atomic E-state index is 5.78. The minimum atomic E-state index is 0.403. The van der Waals surface area contributed by atoms with E-state index in [4.69, 9.17) is 11.5 Å². The van der Waals surface area contributed by atoms with Gasteiger partial charge in [-0.1, -0.05) is 12.2 Å². The van der Waals surface area contributed by atoms with Gasteiger partial charge in [-0.2, -0.15) is 0 Å². The van der Waals surface area contributed by atoms with Crippen LogP contribution in [0.1, 0.15) is 17.5 Å². The first-order valence-corrected chi connectivity index (χ1v) is 4.98. The van der Waals surface area contributed by atoms with Gasteiger partial charge in [0, 0.05) is 6.20 Å². The van der Waals surface area contributed by atoms with Crippen molar-refractivity contribution in [1.29, 1.82) is 0 Å². The van der Waals surface area contributed by atoms with Gasteiger partial charge in [-0.25, -0.2) is 4.98 Å². The molecule has 0 saturated carbocycles. The van der Waals surface area contributed by atoms with E-state index in [9.17, 15) is 0 Å². The first-order chi connectivity index (χ1) is 7.16. The van der Waals surface area contributed by atoms with Crippen molar-refractivity contribution in [1.82, 2.24) is 10.3 Å². The summed E-state index contributed by atoms with van der Waals surface area (Å²) in [6.07, 6.45) is 6.85. The molecule has 0 amide bonds. The SMILES string of the molecule is CNCCC=Cc1cnc(N)c(N)c1C. The Labute approximate surface area is 90.4 Å². The van der Waals surface area contributed by atoms with Crippen molar-refractivity contribution in [3.8, 4) is 0 Å². The summed E-state index contributed by atoms with van der Waals surface area (Å²) in [6, 6.07) is 0. The number of nitrogens with two attached hydrogens (primary N) is 2. The standard InChI is InChI=1S/C11H18N4/c1-8-9(5-3-4-6-14-2)7-15-11(13)10(8)12/h3,5,7,14H,4,6,12H2,1-2H3,(H2,13,15). The Morgan fingerprint density at radius 2 is 2.20 bits per heavy atom. The highest BCUT2D eigenvalue weighted by molar-refractivity contribution is 5.69. The lowest BCUT2D eigenvalue weighted by Gasteiger charge is -2.06. The molecular weight excluding hydrogens is 188 g/mol. The Morgan fingerprint density at radius 3 is 2.87 bits per heavy atom. The summed E-state index contributed by atoms with van der Waals surface area (Å²) in [5.74, 6) is 0.403. The Morgan fingerprint density at radius 1 is 1.47 bits per heavy atom. The average molecular weight is 206 g/mol. The van der Waals surface area contributed by atoms with Crippen LogP contribution >= 0.6 is 0 Å². The van der Waals surface area contributed by atoms with Crippen molar-refractivity contribution in [2.45, 2.75) is 13.3 Å². The molecule has 0 aliphatic rings. The molecular formula is C11H18N4. The summed E-state index contributed by atoms with van der Waals surface area (Å²) < 4.78 is 0. The summed E-state index contributed by atoms with van der Waals surface area (Å²) in [6.45, 7) is 2.92. The molecule has 5 N–H and O–H groups in total. The Hall–Kier alpha value is -1.55. The molecule has 0 aliphatic heterocycles. The molecule has 1 heterocycles.